The van der Waals surface area contributed by atoms with Crippen LogP contribution in [0.3, 0.4) is 0 Å². The van der Waals surface area contributed by atoms with Gasteiger partial charge in [-0.1, -0.05) is 12.1 Å². The van der Waals surface area contributed by atoms with Crippen molar-refractivity contribution in [3.8, 4) is 0 Å². The van der Waals surface area contributed by atoms with Gasteiger partial charge in [0.2, 0.25) is 5.95 Å². The van der Waals surface area contributed by atoms with E-state index in [0.29, 0.717) is 22.7 Å². The average molecular weight is 383 g/mol. The lowest BCUT2D eigenvalue weighted by molar-refractivity contribution is -0.143. The molecule has 7 heteroatoms. The van der Waals surface area contributed by atoms with E-state index < -0.39 is 23.6 Å². The number of rotatable bonds is 3. The van der Waals surface area contributed by atoms with Crippen LogP contribution in [0.2, 0.25) is 0 Å². The summed E-state index contributed by atoms with van der Waals surface area (Å²) in [5.41, 5.74) is 2.57. The Morgan fingerprint density at radius 3 is 2.54 bits per heavy atom. The van der Waals surface area contributed by atoms with Gasteiger partial charge in [-0.15, -0.1) is 0 Å². The molecule has 0 bridgehead atoms. The molecule has 0 saturated carbocycles. The number of hydrogen-bond acceptors (Lipinski definition) is 4. The number of carbonyl (C=O) groups excluding carboxylic acids is 1. The number of fused-ring (bicyclic) bond motifs is 3. The Kier molecular flexibility index (Phi) is 4.37. The van der Waals surface area contributed by atoms with Crippen LogP contribution in [0.15, 0.2) is 53.7 Å². The number of nitrogens with zero attached hydrogens (tertiary/aromatic N) is 2. The summed E-state index contributed by atoms with van der Waals surface area (Å²) >= 11 is 0. The maximum absolute atomic E-state index is 14.0. The summed E-state index contributed by atoms with van der Waals surface area (Å²) in [5, 5.41) is 3.13. The molecule has 1 aliphatic heterocycles. The van der Waals surface area contributed by atoms with E-state index in [1.165, 1.54) is 12.1 Å². The highest BCUT2D eigenvalue weighted by Crippen LogP contribution is 2.40. The number of benzene rings is 2. The molecule has 4 rings (SSSR count). The number of nitrogens with one attached hydrogen (secondary N) is 1. The molecule has 0 aliphatic carbocycles. The minimum absolute atomic E-state index is 0.286. The largest absolute Gasteiger partial charge is 0.459 e. The number of halogens is 2. The zero-order valence-corrected chi connectivity index (χ0v) is 15.7. The van der Waals surface area contributed by atoms with Crippen molar-refractivity contribution in [3.05, 3.63) is 70.9 Å². The molecule has 1 aromatic heterocycles. The van der Waals surface area contributed by atoms with Gasteiger partial charge in [-0.2, -0.15) is 0 Å². The van der Waals surface area contributed by atoms with E-state index in [1.54, 1.807) is 25.3 Å². The fourth-order valence-corrected chi connectivity index (χ4v) is 3.55. The summed E-state index contributed by atoms with van der Waals surface area (Å²) in [5.74, 6) is -1.48. The van der Waals surface area contributed by atoms with E-state index in [2.05, 4.69) is 10.3 Å². The molecule has 28 heavy (non-hydrogen) atoms. The van der Waals surface area contributed by atoms with Crippen LogP contribution in [0.1, 0.15) is 32.4 Å². The highest BCUT2D eigenvalue weighted by molar-refractivity contribution is 5.94. The summed E-state index contributed by atoms with van der Waals surface area (Å²) in [4.78, 5) is 17.5. The van der Waals surface area contributed by atoms with Gasteiger partial charge in [-0.3, -0.25) is 4.57 Å². The first-order valence-corrected chi connectivity index (χ1v) is 8.97. The Labute approximate surface area is 160 Å². The maximum Gasteiger partial charge on any atom is 0.338 e. The lowest BCUT2D eigenvalue weighted by Gasteiger charge is -2.30. The van der Waals surface area contributed by atoms with Gasteiger partial charge >= 0.3 is 5.97 Å². The molecule has 0 amide bonds. The molecular weight excluding hydrogens is 364 g/mol. The highest BCUT2D eigenvalue weighted by Gasteiger charge is 2.35. The molecule has 3 aromatic rings. The van der Waals surface area contributed by atoms with Gasteiger partial charge in [-0.25, -0.2) is 18.6 Å². The summed E-state index contributed by atoms with van der Waals surface area (Å²) < 4.78 is 35.2. The van der Waals surface area contributed by atoms with Gasteiger partial charge in [0.1, 0.15) is 11.6 Å². The maximum atomic E-state index is 14.0. The Balaban J connectivity index is 1.99. The van der Waals surface area contributed by atoms with Crippen molar-refractivity contribution in [2.75, 3.05) is 5.32 Å². The molecule has 2 aromatic carbocycles. The number of para-hydroxylation sites is 2. The summed E-state index contributed by atoms with van der Waals surface area (Å²) in [6.45, 7) is 5.22. The standard InChI is InChI=1S/C21H19F2N3O2/c1-11(2)28-20(27)18-12(3)24-21-25-16-6-4-5-7-17(16)26(21)19(18)13-8-14(22)10-15(23)9-13/h4-11,19H,1-3H3,(H,24,25)/t19-/m1/s1. The third-order valence-corrected chi connectivity index (χ3v) is 4.59. The molecule has 144 valence electrons. The Morgan fingerprint density at radius 1 is 1.18 bits per heavy atom. The van der Waals surface area contributed by atoms with Crippen LogP contribution in [-0.2, 0) is 9.53 Å². The number of ether oxygens (including phenoxy) is 1. The number of carbonyl (C=O) groups is 1. The summed E-state index contributed by atoms with van der Waals surface area (Å²) in [7, 11) is 0. The van der Waals surface area contributed by atoms with E-state index in [1.807, 2.05) is 24.3 Å². The van der Waals surface area contributed by atoms with Crippen molar-refractivity contribution in [1.82, 2.24) is 9.55 Å². The minimum Gasteiger partial charge on any atom is -0.459 e. The van der Waals surface area contributed by atoms with Gasteiger partial charge in [0, 0.05) is 11.8 Å². The second-order valence-electron chi connectivity index (χ2n) is 7.02. The molecule has 0 radical (unpaired) electrons. The quantitative estimate of drug-likeness (QED) is 0.674. The van der Waals surface area contributed by atoms with Crippen LogP contribution in [0, 0.1) is 11.6 Å². The number of allylic oxidation sites excluding steroid dienone is 1. The van der Waals surface area contributed by atoms with Gasteiger partial charge in [0.05, 0.1) is 28.8 Å². The third kappa shape index (κ3) is 3.02. The third-order valence-electron chi connectivity index (χ3n) is 4.59. The average Bonchev–Trinajstić information content (AvgIpc) is 2.96. The van der Waals surface area contributed by atoms with Crippen molar-refractivity contribution >= 4 is 23.0 Å². The smallest absolute Gasteiger partial charge is 0.338 e. The topological polar surface area (TPSA) is 56.2 Å². The van der Waals surface area contributed by atoms with E-state index >= 15 is 0 Å². The Bertz CT molecular complexity index is 1100. The molecule has 2 heterocycles. The SMILES string of the molecule is CC1=C(C(=O)OC(C)C)[C@@H](c2cc(F)cc(F)c2)n2c(nc3ccccc32)N1. The molecule has 0 saturated heterocycles. The minimum atomic E-state index is -0.778. The van der Waals surface area contributed by atoms with Crippen molar-refractivity contribution in [3.63, 3.8) is 0 Å². The molecule has 0 fully saturated rings. The summed E-state index contributed by atoms with van der Waals surface area (Å²) in [6.07, 6.45) is -0.335. The van der Waals surface area contributed by atoms with Crippen molar-refractivity contribution in [1.29, 1.82) is 0 Å². The monoisotopic (exact) mass is 383 g/mol. The van der Waals surface area contributed by atoms with Crippen LogP contribution in [-0.4, -0.2) is 21.6 Å². The predicted octanol–water partition coefficient (Wildman–Crippen LogP) is 4.56. The second-order valence-corrected chi connectivity index (χ2v) is 7.02. The molecule has 1 aliphatic rings. The second kappa shape index (κ2) is 6.74. The Hall–Kier alpha value is -3.22. The van der Waals surface area contributed by atoms with Crippen LogP contribution >= 0.6 is 0 Å². The first kappa shape index (κ1) is 18.2. The lowest BCUT2D eigenvalue weighted by Crippen LogP contribution is -2.30. The van der Waals surface area contributed by atoms with Gasteiger partial charge < -0.3 is 10.1 Å². The normalized spacial score (nSPS) is 16.3. The fraction of sp³-hybridized carbons (Fsp3) is 0.238. The van der Waals surface area contributed by atoms with Gasteiger partial charge in [0.15, 0.2) is 0 Å². The lowest BCUT2D eigenvalue weighted by atomic mass is 9.94. The predicted molar refractivity (Wildman–Crippen MR) is 102 cm³/mol. The number of esters is 1. The zero-order valence-electron chi connectivity index (χ0n) is 15.7. The van der Waals surface area contributed by atoms with E-state index in [-0.39, 0.29) is 11.7 Å². The van der Waals surface area contributed by atoms with Crippen molar-refractivity contribution in [2.45, 2.75) is 32.9 Å². The number of anilines is 1. The molecule has 0 spiro atoms. The number of hydrogen-bond donors (Lipinski definition) is 1. The molecule has 5 nitrogen and oxygen atoms in total. The molecular formula is C21H19F2N3O2. The van der Waals surface area contributed by atoms with Crippen LogP contribution < -0.4 is 5.32 Å². The van der Waals surface area contributed by atoms with Crippen LogP contribution in [0.25, 0.3) is 11.0 Å². The van der Waals surface area contributed by atoms with Crippen molar-refractivity contribution in [2.24, 2.45) is 0 Å². The molecule has 0 unspecified atom stereocenters. The van der Waals surface area contributed by atoms with E-state index in [9.17, 15) is 13.6 Å². The van der Waals surface area contributed by atoms with Gasteiger partial charge in [0.25, 0.3) is 0 Å². The Morgan fingerprint density at radius 2 is 1.86 bits per heavy atom. The van der Waals surface area contributed by atoms with E-state index in [4.69, 9.17) is 4.74 Å². The summed E-state index contributed by atoms with van der Waals surface area (Å²) in [6, 6.07) is 9.88. The molecule has 1 N–H and O–H groups in total. The first-order valence-electron chi connectivity index (χ1n) is 8.97. The number of imidazole rings is 1. The van der Waals surface area contributed by atoms with Gasteiger partial charge in [-0.05, 0) is 50.6 Å². The fourth-order valence-electron chi connectivity index (χ4n) is 3.55. The van der Waals surface area contributed by atoms with Crippen molar-refractivity contribution < 1.29 is 18.3 Å². The van der Waals surface area contributed by atoms with Crippen LogP contribution in [0.5, 0.6) is 0 Å². The zero-order chi connectivity index (χ0) is 20.0. The molecule has 1 atom stereocenters. The first-order chi connectivity index (χ1) is 13.3. The number of aromatic nitrogens is 2. The highest BCUT2D eigenvalue weighted by atomic mass is 19.1. The van der Waals surface area contributed by atoms with Crippen LogP contribution in [0.4, 0.5) is 14.7 Å². The van der Waals surface area contributed by atoms with E-state index in [0.717, 1.165) is 11.6 Å².